The fourth-order valence-corrected chi connectivity index (χ4v) is 2.70. The number of carbonyl (C=O) groups excluding carboxylic acids is 1. The lowest BCUT2D eigenvalue weighted by Crippen LogP contribution is -2.19. The maximum absolute atomic E-state index is 13.5. The highest BCUT2D eigenvalue weighted by Crippen LogP contribution is 2.24. The van der Waals surface area contributed by atoms with Crippen LogP contribution in [0.5, 0.6) is 0 Å². The zero-order valence-electron chi connectivity index (χ0n) is 11.9. The molecule has 0 saturated carbocycles. The lowest BCUT2D eigenvalue weighted by atomic mass is 10.1. The van der Waals surface area contributed by atoms with Crippen molar-refractivity contribution < 1.29 is 22.3 Å². The molecule has 5 nitrogen and oxygen atoms in total. The molecule has 21 heavy (non-hydrogen) atoms. The Morgan fingerprint density at radius 2 is 1.95 bits per heavy atom. The molecule has 1 aromatic rings. The summed E-state index contributed by atoms with van der Waals surface area (Å²) >= 11 is 5.76. The van der Waals surface area contributed by atoms with Crippen molar-refractivity contribution in [3.05, 3.63) is 28.5 Å². The van der Waals surface area contributed by atoms with Crippen LogP contribution in [0.3, 0.4) is 0 Å². The normalized spacial score (nSPS) is 13.3. The van der Waals surface area contributed by atoms with Crippen LogP contribution in [0.4, 0.5) is 4.39 Å². The van der Waals surface area contributed by atoms with E-state index in [0.717, 1.165) is 12.1 Å². The van der Waals surface area contributed by atoms with Crippen LogP contribution in [0, 0.1) is 11.7 Å². The lowest BCUT2D eigenvalue weighted by molar-refractivity contribution is 0.0299. The van der Waals surface area contributed by atoms with Crippen LogP contribution >= 0.6 is 11.6 Å². The fraction of sp³-hybridized carbons (Fsp3) is 0.462. The molecular formula is C13H17ClFNO4S. The molecule has 8 heteroatoms. The van der Waals surface area contributed by atoms with Crippen LogP contribution in [0.15, 0.2) is 17.0 Å². The van der Waals surface area contributed by atoms with Crippen molar-refractivity contribution in [2.45, 2.75) is 38.2 Å². The highest BCUT2D eigenvalue weighted by molar-refractivity contribution is 7.89. The molecule has 1 atom stereocenters. The van der Waals surface area contributed by atoms with E-state index in [1.54, 1.807) is 6.92 Å². The van der Waals surface area contributed by atoms with E-state index in [9.17, 15) is 17.6 Å². The third-order valence-corrected chi connectivity index (χ3v) is 3.90. The molecule has 0 amide bonds. The molecule has 0 aliphatic carbocycles. The summed E-state index contributed by atoms with van der Waals surface area (Å²) in [4.78, 5) is 11.2. The summed E-state index contributed by atoms with van der Waals surface area (Å²) in [6, 6.07) is 1.52. The van der Waals surface area contributed by atoms with Crippen LogP contribution in [0.1, 0.15) is 37.6 Å². The van der Waals surface area contributed by atoms with Crippen LogP contribution in [0.2, 0.25) is 5.02 Å². The Hall–Kier alpha value is -1.18. The standard InChI is InChI=1S/C13H17ClFNO4S/c1-7(2)4-8(3)20-13(17)9-5-12(21(16,18)19)11(15)6-10(9)14/h5-8H,4H2,1-3H3,(H2,16,18,19). The van der Waals surface area contributed by atoms with Gasteiger partial charge in [0.05, 0.1) is 16.7 Å². The fourth-order valence-electron chi connectivity index (χ4n) is 1.86. The summed E-state index contributed by atoms with van der Waals surface area (Å²) in [6.07, 6.45) is 0.253. The number of hydrogen-bond acceptors (Lipinski definition) is 4. The van der Waals surface area contributed by atoms with Crippen molar-refractivity contribution in [1.29, 1.82) is 0 Å². The Bertz CT molecular complexity index is 646. The third-order valence-electron chi connectivity index (χ3n) is 2.66. The first-order chi connectivity index (χ1) is 9.52. The van der Waals surface area contributed by atoms with E-state index in [4.69, 9.17) is 21.5 Å². The van der Waals surface area contributed by atoms with Gasteiger partial charge >= 0.3 is 5.97 Å². The average Bonchev–Trinajstić information content (AvgIpc) is 2.24. The second kappa shape index (κ2) is 6.72. The molecule has 1 rings (SSSR count). The summed E-state index contributed by atoms with van der Waals surface area (Å²) in [5.74, 6) is -1.62. The third kappa shape index (κ3) is 4.94. The van der Waals surface area contributed by atoms with Crippen LogP contribution in [0.25, 0.3) is 0 Å². The number of rotatable bonds is 5. The van der Waals surface area contributed by atoms with Crippen molar-refractivity contribution in [3.8, 4) is 0 Å². The molecule has 0 aliphatic heterocycles. The minimum Gasteiger partial charge on any atom is -0.459 e. The molecule has 0 saturated heterocycles. The Morgan fingerprint density at radius 3 is 2.43 bits per heavy atom. The van der Waals surface area contributed by atoms with Gasteiger partial charge in [0.15, 0.2) is 0 Å². The predicted molar refractivity (Wildman–Crippen MR) is 77.1 cm³/mol. The van der Waals surface area contributed by atoms with Crippen molar-refractivity contribution in [2.24, 2.45) is 11.1 Å². The van der Waals surface area contributed by atoms with Gasteiger partial charge in [-0.25, -0.2) is 22.7 Å². The second-order valence-corrected chi connectivity index (χ2v) is 7.09. The van der Waals surface area contributed by atoms with Gasteiger partial charge in [0.1, 0.15) is 10.7 Å². The number of esters is 1. The maximum Gasteiger partial charge on any atom is 0.339 e. The number of hydrogen-bond donors (Lipinski definition) is 1. The molecule has 1 unspecified atom stereocenters. The molecule has 0 heterocycles. The molecule has 0 bridgehead atoms. The summed E-state index contributed by atoms with van der Waals surface area (Å²) < 4.78 is 41.2. The quantitative estimate of drug-likeness (QED) is 0.837. The van der Waals surface area contributed by atoms with E-state index in [2.05, 4.69) is 0 Å². The zero-order chi connectivity index (χ0) is 16.4. The van der Waals surface area contributed by atoms with Gasteiger partial charge in [-0.05, 0) is 31.4 Å². The van der Waals surface area contributed by atoms with Gasteiger partial charge in [-0.2, -0.15) is 0 Å². The molecule has 2 N–H and O–H groups in total. The predicted octanol–water partition coefficient (Wildman–Crippen LogP) is 2.72. The Kier molecular flexibility index (Phi) is 5.72. The van der Waals surface area contributed by atoms with Crippen LogP contribution in [-0.2, 0) is 14.8 Å². The Balaban J connectivity index is 3.10. The smallest absolute Gasteiger partial charge is 0.339 e. The molecule has 1 aromatic carbocycles. The topological polar surface area (TPSA) is 86.5 Å². The number of carbonyl (C=O) groups is 1. The summed E-state index contributed by atoms with van der Waals surface area (Å²) in [5.41, 5.74) is -0.238. The first-order valence-corrected chi connectivity index (χ1v) is 8.17. The van der Waals surface area contributed by atoms with Gasteiger partial charge in [0.25, 0.3) is 0 Å². The highest BCUT2D eigenvalue weighted by atomic mass is 35.5. The first kappa shape index (κ1) is 17.9. The van der Waals surface area contributed by atoms with Gasteiger partial charge in [-0.3, -0.25) is 0 Å². The average molecular weight is 338 g/mol. The van der Waals surface area contributed by atoms with Gasteiger partial charge in [-0.1, -0.05) is 25.4 Å². The van der Waals surface area contributed by atoms with Crippen LogP contribution < -0.4 is 5.14 Å². The maximum atomic E-state index is 13.5. The molecule has 0 fully saturated rings. The Labute approximate surface area is 128 Å². The molecule has 0 aromatic heterocycles. The molecule has 0 aliphatic rings. The molecule has 118 valence electrons. The zero-order valence-corrected chi connectivity index (χ0v) is 13.5. The number of primary sulfonamides is 1. The van der Waals surface area contributed by atoms with E-state index in [1.165, 1.54) is 0 Å². The molecule has 0 spiro atoms. The van der Waals surface area contributed by atoms with E-state index in [-0.39, 0.29) is 16.7 Å². The van der Waals surface area contributed by atoms with Gasteiger partial charge in [0, 0.05) is 0 Å². The highest BCUT2D eigenvalue weighted by Gasteiger charge is 2.23. The van der Waals surface area contributed by atoms with Gasteiger partial charge < -0.3 is 4.74 Å². The Morgan fingerprint density at radius 1 is 1.38 bits per heavy atom. The van der Waals surface area contributed by atoms with Crippen molar-refractivity contribution in [1.82, 2.24) is 0 Å². The number of benzene rings is 1. The van der Waals surface area contributed by atoms with Crippen molar-refractivity contribution in [2.75, 3.05) is 0 Å². The summed E-state index contributed by atoms with van der Waals surface area (Å²) in [7, 11) is -4.30. The number of halogens is 2. The SMILES string of the molecule is CC(C)CC(C)OC(=O)c1cc(S(N)(=O)=O)c(F)cc1Cl. The lowest BCUT2D eigenvalue weighted by Gasteiger charge is -2.16. The minimum atomic E-state index is -4.30. The van der Waals surface area contributed by atoms with Crippen molar-refractivity contribution in [3.63, 3.8) is 0 Å². The molecule has 0 radical (unpaired) electrons. The minimum absolute atomic E-state index is 0.235. The molecular weight excluding hydrogens is 321 g/mol. The van der Waals surface area contributed by atoms with E-state index in [1.807, 2.05) is 13.8 Å². The summed E-state index contributed by atoms with van der Waals surface area (Å²) in [6.45, 7) is 5.64. The number of nitrogens with two attached hydrogens (primary N) is 1. The van der Waals surface area contributed by atoms with E-state index >= 15 is 0 Å². The number of ether oxygens (including phenoxy) is 1. The van der Waals surface area contributed by atoms with Gasteiger partial charge in [-0.15, -0.1) is 0 Å². The van der Waals surface area contributed by atoms with Crippen molar-refractivity contribution >= 4 is 27.6 Å². The van der Waals surface area contributed by atoms with E-state index in [0.29, 0.717) is 12.3 Å². The van der Waals surface area contributed by atoms with E-state index < -0.39 is 26.7 Å². The summed E-state index contributed by atoms with van der Waals surface area (Å²) in [5, 5.41) is 4.65. The van der Waals surface area contributed by atoms with Crippen LogP contribution in [-0.4, -0.2) is 20.5 Å². The second-order valence-electron chi connectivity index (χ2n) is 5.15. The first-order valence-electron chi connectivity index (χ1n) is 6.25. The monoisotopic (exact) mass is 337 g/mol. The van der Waals surface area contributed by atoms with Gasteiger partial charge in [0.2, 0.25) is 10.0 Å². The largest absolute Gasteiger partial charge is 0.459 e. The number of sulfonamides is 1.